The molecule has 22 heavy (non-hydrogen) atoms. The number of aliphatic hydroxyl groups is 1. The van der Waals surface area contributed by atoms with Crippen molar-refractivity contribution in [3.05, 3.63) is 65.2 Å². The van der Waals surface area contributed by atoms with Crippen LogP contribution in [0.5, 0.6) is 0 Å². The molecule has 0 aromatic heterocycles. The van der Waals surface area contributed by atoms with E-state index in [9.17, 15) is 9.90 Å². The van der Waals surface area contributed by atoms with Crippen molar-refractivity contribution in [2.45, 2.75) is 25.6 Å². The summed E-state index contributed by atoms with van der Waals surface area (Å²) < 4.78 is 0. The largest absolute Gasteiger partial charge is 0.381 e. The van der Waals surface area contributed by atoms with Gasteiger partial charge < -0.3 is 15.7 Å². The quantitative estimate of drug-likeness (QED) is 0.767. The minimum atomic E-state index is -1.14. The highest BCUT2D eigenvalue weighted by atomic mass is 35.5. The molecule has 0 radical (unpaired) electrons. The monoisotopic (exact) mass is 318 g/mol. The van der Waals surface area contributed by atoms with E-state index < -0.39 is 18.1 Å². The molecule has 116 valence electrons. The number of nitrogens with one attached hydrogen (secondary N) is 2. The van der Waals surface area contributed by atoms with Crippen molar-refractivity contribution < 1.29 is 9.90 Å². The van der Waals surface area contributed by atoms with Crippen LogP contribution in [0.25, 0.3) is 0 Å². The van der Waals surface area contributed by atoms with Crippen molar-refractivity contribution in [1.82, 2.24) is 5.32 Å². The number of hydrogen-bond donors (Lipinski definition) is 3. The maximum Gasteiger partial charge on any atom is 0.251 e. The molecule has 3 N–H and O–H groups in total. The van der Waals surface area contributed by atoms with Gasteiger partial charge in [-0.25, -0.2) is 0 Å². The van der Waals surface area contributed by atoms with Crippen molar-refractivity contribution >= 4 is 23.2 Å². The van der Waals surface area contributed by atoms with Crippen molar-refractivity contribution in [2.75, 3.05) is 5.32 Å². The second-order valence-corrected chi connectivity index (χ2v) is 5.53. The Morgan fingerprint density at radius 2 is 1.91 bits per heavy atom. The topological polar surface area (TPSA) is 61.4 Å². The summed E-state index contributed by atoms with van der Waals surface area (Å²) in [6, 6.07) is 16.3. The van der Waals surface area contributed by atoms with E-state index in [1.807, 2.05) is 42.5 Å². The summed E-state index contributed by atoms with van der Waals surface area (Å²) >= 11 is 5.89. The number of para-hydroxylation sites is 1. The summed E-state index contributed by atoms with van der Waals surface area (Å²) in [5, 5.41) is 16.5. The van der Waals surface area contributed by atoms with Crippen LogP contribution >= 0.6 is 11.6 Å². The first-order valence-corrected chi connectivity index (χ1v) is 7.46. The molecule has 0 aliphatic heterocycles. The fourth-order valence-electron chi connectivity index (χ4n) is 2.04. The SMILES string of the molecule is CC(Nc1ccccc1)C(O)C(=O)NCc1cccc(Cl)c1. The number of benzene rings is 2. The first-order valence-electron chi connectivity index (χ1n) is 7.08. The molecular weight excluding hydrogens is 300 g/mol. The summed E-state index contributed by atoms with van der Waals surface area (Å²) in [4.78, 5) is 12.0. The van der Waals surface area contributed by atoms with Gasteiger partial charge in [0.1, 0.15) is 0 Å². The van der Waals surface area contributed by atoms with Crippen LogP contribution in [0.15, 0.2) is 54.6 Å². The highest BCUT2D eigenvalue weighted by Gasteiger charge is 2.21. The first-order chi connectivity index (χ1) is 10.6. The van der Waals surface area contributed by atoms with Crippen LogP contribution in [-0.4, -0.2) is 23.2 Å². The number of hydrogen-bond acceptors (Lipinski definition) is 3. The zero-order valence-corrected chi connectivity index (χ0v) is 13.0. The van der Waals surface area contributed by atoms with Crippen molar-refractivity contribution in [3.8, 4) is 0 Å². The predicted octanol–water partition coefficient (Wildman–Crippen LogP) is 2.82. The van der Waals surface area contributed by atoms with Gasteiger partial charge in [-0.05, 0) is 36.8 Å². The lowest BCUT2D eigenvalue weighted by Crippen LogP contribution is -2.43. The number of rotatable bonds is 6. The Balaban J connectivity index is 1.86. The highest BCUT2D eigenvalue weighted by molar-refractivity contribution is 6.30. The molecule has 0 saturated carbocycles. The van der Waals surface area contributed by atoms with E-state index in [0.29, 0.717) is 11.6 Å². The van der Waals surface area contributed by atoms with Crippen molar-refractivity contribution in [2.24, 2.45) is 0 Å². The summed E-state index contributed by atoms with van der Waals surface area (Å²) in [7, 11) is 0. The molecule has 2 unspecified atom stereocenters. The third-order valence-electron chi connectivity index (χ3n) is 3.27. The van der Waals surface area contributed by atoms with Gasteiger partial charge in [0.25, 0.3) is 5.91 Å². The van der Waals surface area contributed by atoms with E-state index in [2.05, 4.69) is 10.6 Å². The van der Waals surface area contributed by atoms with Crippen LogP contribution in [0, 0.1) is 0 Å². The molecule has 5 heteroatoms. The number of anilines is 1. The smallest absolute Gasteiger partial charge is 0.251 e. The van der Waals surface area contributed by atoms with E-state index in [1.54, 1.807) is 19.1 Å². The van der Waals surface area contributed by atoms with Gasteiger partial charge in [0.15, 0.2) is 6.10 Å². The Bertz CT molecular complexity index is 619. The molecule has 2 aromatic rings. The molecule has 0 saturated heterocycles. The van der Waals surface area contributed by atoms with Gasteiger partial charge in [0.2, 0.25) is 0 Å². The number of carbonyl (C=O) groups is 1. The fourth-order valence-corrected chi connectivity index (χ4v) is 2.26. The van der Waals surface area contributed by atoms with Crippen molar-refractivity contribution in [1.29, 1.82) is 0 Å². The van der Waals surface area contributed by atoms with Crippen molar-refractivity contribution in [3.63, 3.8) is 0 Å². The van der Waals surface area contributed by atoms with E-state index >= 15 is 0 Å². The molecule has 0 aliphatic carbocycles. The Hall–Kier alpha value is -2.04. The van der Waals surface area contributed by atoms with Gasteiger partial charge in [0.05, 0.1) is 6.04 Å². The molecule has 1 amide bonds. The van der Waals surface area contributed by atoms with Gasteiger partial charge in [-0.1, -0.05) is 41.9 Å². The summed E-state index contributed by atoms with van der Waals surface area (Å²) in [6.07, 6.45) is -1.14. The molecule has 0 heterocycles. The Labute approximate surface area is 135 Å². The molecule has 0 spiro atoms. The highest BCUT2D eigenvalue weighted by Crippen LogP contribution is 2.11. The van der Waals surface area contributed by atoms with Crippen LogP contribution in [0.2, 0.25) is 5.02 Å². The summed E-state index contributed by atoms with van der Waals surface area (Å²) in [5.41, 5.74) is 1.74. The third-order valence-corrected chi connectivity index (χ3v) is 3.50. The average Bonchev–Trinajstić information content (AvgIpc) is 2.53. The molecule has 0 aliphatic rings. The molecule has 2 rings (SSSR count). The predicted molar refractivity (Wildman–Crippen MR) is 88.8 cm³/mol. The van der Waals surface area contributed by atoms with E-state index in [-0.39, 0.29) is 0 Å². The van der Waals surface area contributed by atoms with Gasteiger partial charge in [-0.2, -0.15) is 0 Å². The second-order valence-electron chi connectivity index (χ2n) is 5.09. The van der Waals surface area contributed by atoms with E-state index in [0.717, 1.165) is 11.3 Å². The van der Waals surface area contributed by atoms with Gasteiger partial charge >= 0.3 is 0 Å². The number of aliphatic hydroxyl groups excluding tert-OH is 1. The molecule has 4 nitrogen and oxygen atoms in total. The van der Waals surface area contributed by atoms with Crippen LogP contribution in [0.3, 0.4) is 0 Å². The van der Waals surface area contributed by atoms with Crippen LogP contribution in [0.1, 0.15) is 12.5 Å². The Morgan fingerprint density at radius 1 is 1.18 bits per heavy atom. The fraction of sp³-hybridized carbons (Fsp3) is 0.235. The summed E-state index contributed by atoms with van der Waals surface area (Å²) in [6.45, 7) is 2.09. The normalized spacial score (nSPS) is 13.2. The maximum absolute atomic E-state index is 12.0. The van der Waals surface area contributed by atoms with Crippen LogP contribution in [-0.2, 0) is 11.3 Å². The van der Waals surface area contributed by atoms with Gasteiger partial charge in [-0.3, -0.25) is 4.79 Å². The summed E-state index contributed by atoms with van der Waals surface area (Å²) in [5.74, 6) is -0.420. The molecule has 2 aromatic carbocycles. The van der Waals surface area contributed by atoms with Gasteiger partial charge in [0, 0.05) is 17.3 Å². The van der Waals surface area contributed by atoms with Crippen LogP contribution in [0.4, 0.5) is 5.69 Å². The zero-order chi connectivity index (χ0) is 15.9. The molecular formula is C17H19ClN2O2. The van der Waals surface area contributed by atoms with Gasteiger partial charge in [-0.15, -0.1) is 0 Å². The van der Waals surface area contributed by atoms with E-state index in [4.69, 9.17) is 11.6 Å². The minimum absolute atomic E-state index is 0.328. The first kappa shape index (κ1) is 16.3. The lowest BCUT2D eigenvalue weighted by Gasteiger charge is -2.20. The second kappa shape index (κ2) is 7.82. The van der Waals surface area contributed by atoms with Crippen LogP contribution < -0.4 is 10.6 Å². The number of carbonyl (C=O) groups excluding carboxylic acids is 1. The average molecular weight is 319 g/mol. The molecule has 2 atom stereocenters. The lowest BCUT2D eigenvalue weighted by atomic mass is 10.1. The molecule has 0 fully saturated rings. The zero-order valence-electron chi connectivity index (χ0n) is 12.3. The maximum atomic E-state index is 12.0. The Morgan fingerprint density at radius 3 is 2.59 bits per heavy atom. The standard InChI is InChI=1S/C17H19ClN2O2/c1-12(20-15-8-3-2-4-9-15)16(21)17(22)19-11-13-6-5-7-14(18)10-13/h2-10,12,16,20-21H,11H2,1H3,(H,19,22). The molecule has 0 bridgehead atoms. The Kier molecular flexibility index (Phi) is 5.81. The van der Waals surface area contributed by atoms with E-state index in [1.165, 1.54) is 0 Å². The lowest BCUT2D eigenvalue weighted by molar-refractivity contribution is -0.129. The minimum Gasteiger partial charge on any atom is -0.381 e. The number of amides is 1. The number of halogens is 1. The third kappa shape index (κ3) is 4.76.